The number of benzene rings is 1. The third-order valence-electron chi connectivity index (χ3n) is 2.60. The van der Waals surface area contributed by atoms with E-state index in [-0.39, 0.29) is 0 Å². The first kappa shape index (κ1) is 13.7. The van der Waals surface area contributed by atoms with Crippen LogP contribution in [0.2, 0.25) is 0 Å². The van der Waals surface area contributed by atoms with Gasteiger partial charge in [0, 0.05) is 21.0 Å². The Labute approximate surface area is 118 Å². The van der Waals surface area contributed by atoms with Gasteiger partial charge in [0.2, 0.25) is 0 Å². The molecule has 0 saturated carbocycles. The minimum atomic E-state index is -4.11. The number of hydrogen-bond acceptors (Lipinski definition) is 4. The Bertz CT molecular complexity index is 649. The first-order chi connectivity index (χ1) is 8.39. The number of hydrogen-bond donors (Lipinski definition) is 1. The fourth-order valence-corrected chi connectivity index (χ4v) is 3.17. The van der Waals surface area contributed by atoms with Gasteiger partial charge in [-0.2, -0.15) is 12.8 Å². The summed E-state index contributed by atoms with van der Waals surface area (Å²) in [7, 11) is -4.11. The molecule has 1 heterocycles. The third kappa shape index (κ3) is 2.80. The standard InChI is InChI=1S/C11H10BrNO3S2/c1-7(18(14,15)16)10-6-17-13-11(10)8-2-4-9(12)5-3-8/h2-7H,1H3,(H,14,15,16). The summed E-state index contributed by atoms with van der Waals surface area (Å²) in [5, 5.41) is 0.672. The van der Waals surface area contributed by atoms with Crippen molar-refractivity contribution < 1.29 is 13.0 Å². The van der Waals surface area contributed by atoms with Gasteiger partial charge < -0.3 is 0 Å². The minimum absolute atomic E-state index is 0.518. The summed E-state index contributed by atoms with van der Waals surface area (Å²) in [4.78, 5) is 0. The van der Waals surface area contributed by atoms with Crippen LogP contribution in [0.25, 0.3) is 11.3 Å². The van der Waals surface area contributed by atoms with Crippen LogP contribution in [0, 0.1) is 0 Å². The molecule has 7 heteroatoms. The van der Waals surface area contributed by atoms with E-state index in [4.69, 9.17) is 4.55 Å². The third-order valence-corrected chi connectivity index (χ3v) is 4.92. The normalized spacial score (nSPS) is 13.5. The van der Waals surface area contributed by atoms with E-state index in [2.05, 4.69) is 20.3 Å². The second kappa shape index (κ2) is 5.08. The molecular weight excluding hydrogens is 338 g/mol. The molecule has 0 spiro atoms. The molecule has 0 amide bonds. The van der Waals surface area contributed by atoms with Crippen molar-refractivity contribution in [3.8, 4) is 11.3 Å². The lowest BCUT2D eigenvalue weighted by molar-refractivity contribution is 0.472. The van der Waals surface area contributed by atoms with Crippen molar-refractivity contribution in [3.05, 3.63) is 39.7 Å². The molecule has 1 N–H and O–H groups in total. The lowest BCUT2D eigenvalue weighted by Crippen LogP contribution is -2.08. The summed E-state index contributed by atoms with van der Waals surface area (Å²) in [6.07, 6.45) is 0. The van der Waals surface area contributed by atoms with Crippen molar-refractivity contribution in [2.45, 2.75) is 12.2 Å². The van der Waals surface area contributed by atoms with Crippen molar-refractivity contribution in [2.75, 3.05) is 0 Å². The molecule has 0 saturated heterocycles. The number of aromatic nitrogens is 1. The van der Waals surface area contributed by atoms with Crippen LogP contribution >= 0.6 is 27.5 Å². The summed E-state index contributed by atoms with van der Waals surface area (Å²) < 4.78 is 36.6. The highest BCUT2D eigenvalue weighted by atomic mass is 79.9. The van der Waals surface area contributed by atoms with Gasteiger partial charge in [0.1, 0.15) is 5.25 Å². The van der Waals surface area contributed by atoms with Gasteiger partial charge in [-0.3, -0.25) is 4.55 Å². The lowest BCUT2D eigenvalue weighted by atomic mass is 10.1. The van der Waals surface area contributed by atoms with Crippen LogP contribution in [0.3, 0.4) is 0 Å². The molecule has 0 bridgehead atoms. The first-order valence-corrected chi connectivity index (χ1v) is 8.19. The summed E-state index contributed by atoms with van der Waals surface area (Å²) >= 11 is 4.51. The molecule has 0 fully saturated rings. The van der Waals surface area contributed by atoms with Crippen LogP contribution in [-0.4, -0.2) is 17.3 Å². The molecule has 0 aliphatic carbocycles. The molecule has 2 rings (SSSR count). The lowest BCUT2D eigenvalue weighted by Gasteiger charge is -2.08. The molecule has 1 atom stereocenters. The number of nitrogens with zero attached hydrogens (tertiary/aromatic N) is 1. The van der Waals surface area contributed by atoms with Crippen LogP contribution in [-0.2, 0) is 10.1 Å². The summed E-state index contributed by atoms with van der Waals surface area (Å²) in [5.74, 6) is 0. The Morgan fingerprint density at radius 1 is 1.33 bits per heavy atom. The van der Waals surface area contributed by atoms with E-state index in [1.54, 1.807) is 5.38 Å². The van der Waals surface area contributed by atoms with Crippen molar-refractivity contribution in [1.29, 1.82) is 0 Å². The molecule has 4 nitrogen and oxygen atoms in total. The van der Waals surface area contributed by atoms with Crippen molar-refractivity contribution in [2.24, 2.45) is 0 Å². The molecule has 1 aromatic heterocycles. The van der Waals surface area contributed by atoms with Gasteiger partial charge in [-0.15, -0.1) is 0 Å². The van der Waals surface area contributed by atoms with E-state index >= 15 is 0 Å². The zero-order chi connectivity index (χ0) is 13.3. The van der Waals surface area contributed by atoms with E-state index in [0.717, 1.165) is 10.0 Å². The van der Waals surface area contributed by atoms with Gasteiger partial charge in [-0.25, -0.2) is 0 Å². The van der Waals surface area contributed by atoms with E-state index in [0.29, 0.717) is 11.3 Å². The molecule has 2 aromatic rings. The summed E-state index contributed by atoms with van der Waals surface area (Å²) in [6, 6.07) is 7.41. The van der Waals surface area contributed by atoms with E-state index in [9.17, 15) is 8.42 Å². The van der Waals surface area contributed by atoms with Crippen molar-refractivity contribution >= 4 is 37.6 Å². The van der Waals surface area contributed by atoms with Crippen LogP contribution in [0.5, 0.6) is 0 Å². The predicted octanol–water partition coefficient (Wildman–Crippen LogP) is 3.52. The highest BCUT2D eigenvalue weighted by molar-refractivity contribution is 9.10. The molecule has 0 aliphatic rings. The average Bonchev–Trinajstić information content (AvgIpc) is 2.76. The Hall–Kier alpha value is -0.760. The fourth-order valence-electron chi connectivity index (χ4n) is 1.52. The molecule has 0 radical (unpaired) electrons. The molecule has 96 valence electrons. The van der Waals surface area contributed by atoms with Crippen LogP contribution in [0.1, 0.15) is 17.7 Å². The Morgan fingerprint density at radius 3 is 2.50 bits per heavy atom. The van der Waals surface area contributed by atoms with E-state index in [1.807, 2.05) is 24.3 Å². The molecule has 1 aromatic carbocycles. The van der Waals surface area contributed by atoms with Gasteiger partial charge in [0.25, 0.3) is 10.1 Å². The second-order valence-electron chi connectivity index (χ2n) is 3.78. The van der Waals surface area contributed by atoms with Gasteiger partial charge in [0.05, 0.1) is 5.69 Å². The molecule has 1 unspecified atom stereocenters. The zero-order valence-corrected chi connectivity index (χ0v) is 12.6. The van der Waals surface area contributed by atoms with Gasteiger partial charge >= 0.3 is 0 Å². The monoisotopic (exact) mass is 347 g/mol. The Balaban J connectivity index is 2.48. The average molecular weight is 348 g/mol. The Kier molecular flexibility index (Phi) is 3.86. The van der Waals surface area contributed by atoms with E-state index < -0.39 is 15.4 Å². The van der Waals surface area contributed by atoms with E-state index in [1.165, 1.54) is 18.5 Å². The van der Waals surface area contributed by atoms with Gasteiger partial charge in [0.15, 0.2) is 0 Å². The Morgan fingerprint density at radius 2 is 1.94 bits per heavy atom. The van der Waals surface area contributed by atoms with Crippen LogP contribution < -0.4 is 0 Å². The topological polar surface area (TPSA) is 67.3 Å². The number of halogens is 1. The summed E-state index contributed by atoms with van der Waals surface area (Å²) in [6.45, 7) is 1.45. The maximum absolute atomic E-state index is 11.2. The van der Waals surface area contributed by atoms with Gasteiger partial charge in [-0.05, 0) is 30.6 Å². The number of rotatable bonds is 3. The largest absolute Gasteiger partial charge is 0.285 e. The fraction of sp³-hybridized carbons (Fsp3) is 0.182. The molecular formula is C11H10BrNO3S2. The highest BCUT2D eigenvalue weighted by Gasteiger charge is 2.24. The summed E-state index contributed by atoms with van der Waals surface area (Å²) in [5.41, 5.74) is 1.94. The second-order valence-corrected chi connectivity index (χ2v) is 7.06. The predicted molar refractivity (Wildman–Crippen MR) is 75.2 cm³/mol. The van der Waals surface area contributed by atoms with Crippen molar-refractivity contribution in [3.63, 3.8) is 0 Å². The van der Waals surface area contributed by atoms with Crippen molar-refractivity contribution in [1.82, 2.24) is 4.37 Å². The van der Waals surface area contributed by atoms with Crippen LogP contribution in [0.4, 0.5) is 0 Å². The molecule has 0 aliphatic heterocycles. The molecule has 18 heavy (non-hydrogen) atoms. The minimum Gasteiger partial charge on any atom is -0.285 e. The SMILES string of the molecule is CC(c1csnc1-c1ccc(Br)cc1)S(=O)(=O)O. The maximum atomic E-state index is 11.2. The smallest absolute Gasteiger partial charge is 0.271 e. The quantitative estimate of drug-likeness (QED) is 0.862. The highest BCUT2D eigenvalue weighted by Crippen LogP contribution is 2.32. The van der Waals surface area contributed by atoms with Gasteiger partial charge in [-0.1, -0.05) is 28.1 Å². The first-order valence-electron chi connectivity index (χ1n) is 5.06. The maximum Gasteiger partial charge on any atom is 0.271 e. The van der Waals surface area contributed by atoms with Crippen LogP contribution in [0.15, 0.2) is 34.1 Å². The zero-order valence-electron chi connectivity index (χ0n) is 9.37.